The molecular formula is C8H11NO4. The van der Waals surface area contributed by atoms with Crippen LogP contribution < -0.4 is 5.56 Å². The summed E-state index contributed by atoms with van der Waals surface area (Å²) < 4.78 is 0.226. The lowest BCUT2D eigenvalue weighted by atomic mass is 10.3. The normalized spacial score (nSPS) is 8.46. The van der Waals surface area contributed by atoms with E-state index in [0.717, 1.165) is 12.3 Å². The summed E-state index contributed by atoms with van der Waals surface area (Å²) in [5.41, 5.74) is -1.38. The Labute approximate surface area is 74.8 Å². The van der Waals surface area contributed by atoms with E-state index in [9.17, 15) is 9.59 Å². The van der Waals surface area contributed by atoms with E-state index in [1.165, 1.54) is 6.07 Å². The third-order valence-corrected chi connectivity index (χ3v) is 1.16. The van der Waals surface area contributed by atoms with Crippen molar-refractivity contribution in [2.75, 3.05) is 0 Å². The SMILES string of the molecule is CC.O=C(O)c1cccn(O)c1=O. The molecule has 0 saturated carbocycles. The van der Waals surface area contributed by atoms with Gasteiger partial charge in [0.2, 0.25) is 0 Å². The molecule has 2 N–H and O–H groups in total. The van der Waals surface area contributed by atoms with Crippen molar-refractivity contribution in [2.24, 2.45) is 0 Å². The second-order valence-electron chi connectivity index (χ2n) is 1.88. The minimum Gasteiger partial charge on any atom is -0.477 e. The number of hydrogen-bond donors (Lipinski definition) is 2. The molecule has 5 nitrogen and oxygen atoms in total. The van der Waals surface area contributed by atoms with Crippen molar-refractivity contribution in [2.45, 2.75) is 13.8 Å². The minimum atomic E-state index is -1.35. The van der Waals surface area contributed by atoms with Gasteiger partial charge in [0.1, 0.15) is 5.56 Å². The highest BCUT2D eigenvalue weighted by atomic mass is 16.5. The molecule has 1 aromatic heterocycles. The monoisotopic (exact) mass is 185 g/mol. The predicted octanol–water partition coefficient (Wildman–Crippen LogP) is 0.810. The molecule has 0 spiro atoms. The first kappa shape index (κ1) is 11.2. The van der Waals surface area contributed by atoms with Crippen LogP contribution in [0.5, 0.6) is 0 Å². The van der Waals surface area contributed by atoms with E-state index in [2.05, 4.69) is 0 Å². The van der Waals surface area contributed by atoms with Crippen molar-refractivity contribution in [1.82, 2.24) is 4.73 Å². The predicted molar refractivity (Wildman–Crippen MR) is 46.2 cm³/mol. The van der Waals surface area contributed by atoms with Crippen LogP contribution in [0.15, 0.2) is 23.1 Å². The molecule has 0 bridgehead atoms. The summed E-state index contributed by atoms with van der Waals surface area (Å²) in [5, 5.41) is 17.1. The maximum Gasteiger partial charge on any atom is 0.341 e. The summed E-state index contributed by atoms with van der Waals surface area (Å²) in [7, 11) is 0. The maximum atomic E-state index is 10.7. The van der Waals surface area contributed by atoms with Crippen molar-refractivity contribution in [1.29, 1.82) is 0 Å². The Morgan fingerprint density at radius 3 is 2.38 bits per heavy atom. The highest BCUT2D eigenvalue weighted by Gasteiger charge is 2.08. The summed E-state index contributed by atoms with van der Waals surface area (Å²) in [5.74, 6) is -1.35. The molecule has 0 aliphatic carbocycles. The molecular weight excluding hydrogens is 174 g/mol. The fourth-order valence-electron chi connectivity index (χ4n) is 0.646. The van der Waals surface area contributed by atoms with E-state index in [-0.39, 0.29) is 4.73 Å². The van der Waals surface area contributed by atoms with Gasteiger partial charge in [-0.25, -0.2) is 4.79 Å². The Morgan fingerprint density at radius 1 is 1.46 bits per heavy atom. The third kappa shape index (κ3) is 2.62. The molecule has 0 saturated heterocycles. The van der Waals surface area contributed by atoms with Crippen LogP contribution in [0, 0.1) is 0 Å². The Hall–Kier alpha value is -1.78. The van der Waals surface area contributed by atoms with E-state index in [4.69, 9.17) is 10.3 Å². The molecule has 0 atom stereocenters. The molecule has 13 heavy (non-hydrogen) atoms. The van der Waals surface area contributed by atoms with E-state index in [1.54, 1.807) is 0 Å². The number of carbonyl (C=O) groups is 1. The zero-order valence-corrected chi connectivity index (χ0v) is 7.39. The van der Waals surface area contributed by atoms with Crippen molar-refractivity contribution in [3.05, 3.63) is 34.2 Å². The van der Waals surface area contributed by atoms with Crippen molar-refractivity contribution >= 4 is 5.97 Å². The van der Waals surface area contributed by atoms with Gasteiger partial charge in [0.05, 0.1) is 0 Å². The maximum absolute atomic E-state index is 10.7. The van der Waals surface area contributed by atoms with Gasteiger partial charge >= 0.3 is 5.97 Å². The molecule has 0 fully saturated rings. The summed E-state index contributed by atoms with van der Waals surface area (Å²) >= 11 is 0. The largest absolute Gasteiger partial charge is 0.477 e. The summed E-state index contributed by atoms with van der Waals surface area (Å²) in [6.45, 7) is 4.00. The van der Waals surface area contributed by atoms with Gasteiger partial charge in [-0.1, -0.05) is 13.8 Å². The summed E-state index contributed by atoms with van der Waals surface area (Å²) in [6.07, 6.45) is 1.06. The Balaban J connectivity index is 0.000000671. The second kappa shape index (κ2) is 4.97. The van der Waals surface area contributed by atoms with Crippen molar-refractivity contribution in [3.8, 4) is 0 Å². The first-order chi connectivity index (χ1) is 6.13. The molecule has 0 radical (unpaired) electrons. The van der Waals surface area contributed by atoms with Crippen LogP contribution in [0.2, 0.25) is 0 Å². The first-order valence-electron chi connectivity index (χ1n) is 3.77. The average Bonchev–Trinajstić information content (AvgIpc) is 2.13. The topological polar surface area (TPSA) is 79.5 Å². The summed E-state index contributed by atoms with van der Waals surface area (Å²) in [4.78, 5) is 21.0. The van der Waals surface area contributed by atoms with Crippen LogP contribution in [0.3, 0.4) is 0 Å². The standard InChI is InChI=1S/C6H5NO4.C2H6/c8-5-4(6(9)10)2-1-3-7(5)11;1-2/h1-3,11H,(H,9,10);1-2H3. The van der Waals surface area contributed by atoms with Gasteiger partial charge in [-0.3, -0.25) is 4.79 Å². The number of nitrogens with zero attached hydrogens (tertiary/aromatic N) is 1. The zero-order valence-electron chi connectivity index (χ0n) is 7.39. The number of carboxylic acid groups (broad SMARTS) is 1. The molecule has 0 aliphatic heterocycles. The van der Waals surface area contributed by atoms with Gasteiger partial charge in [-0.05, 0) is 12.1 Å². The van der Waals surface area contributed by atoms with Crippen LogP contribution in [0.25, 0.3) is 0 Å². The van der Waals surface area contributed by atoms with Gasteiger partial charge in [-0.2, -0.15) is 4.73 Å². The Kier molecular flexibility index (Phi) is 4.29. The second-order valence-corrected chi connectivity index (χ2v) is 1.88. The first-order valence-corrected chi connectivity index (χ1v) is 3.77. The van der Waals surface area contributed by atoms with E-state index in [1.807, 2.05) is 13.8 Å². The zero-order chi connectivity index (χ0) is 10.4. The van der Waals surface area contributed by atoms with Crippen LogP contribution in [0.1, 0.15) is 24.2 Å². The minimum absolute atomic E-state index is 0.226. The number of aromatic carboxylic acids is 1. The molecule has 0 aliphatic rings. The highest BCUT2D eigenvalue weighted by Crippen LogP contribution is 1.88. The van der Waals surface area contributed by atoms with E-state index in [0.29, 0.717) is 0 Å². The average molecular weight is 185 g/mol. The molecule has 1 rings (SSSR count). The smallest absolute Gasteiger partial charge is 0.341 e. The van der Waals surface area contributed by atoms with Gasteiger partial charge in [-0.15, -0.1) is 0 Å². The van der Waals surface area contributed by atoms with Crippen LogP contribution in [0.4, 0.5) is 0 Å². The van der Waals surface area contributed by atoms with Gasteiger partial charge in [0, 0.05) is 6.20 Å². The lowest BCUT2D eigenvalue weighted by molar-refractivity contribution is 0.0688. The quantitative estimate of drug-likeness (QED) is 0.634. The lowest BCUT2D eigenvalue weighted by Gasteiger charge is -1.95. The molecule has 0 amide bonds. The molecule has 72 valence electrons. The number of rotatable bonds is 1. The molecule has 5 heteroatoms. The molecule has 0 unspecified atom stereocenters. The van der Waals surface area contributed by atoms with Crippen LogP contribution >= 0.6 is 0 Å². The number of hydrogen-bond acceptors (Lipinski definition) is 3. The van der Waals surface area contributed by atoms with Gasteiger partial charge in [0.25, 0.3) is 5.56 Å². The third-order valence-electron chi connectivity index (χ3n) is 1.16. The van der Waals surface area contributed by atoms with Crippen molar-refractivity contribution < 1.29 is 15.1 Å². The van der Waals surface area contributed by atoms with Gasteiger partial charge < -0.3 is 10.3 Å². The number of aromatic nitrogens is 1. The number of carboxylic acids is 1. The molecule has 1 aromatic rings. The summed E-state index contributed by atoms with van der Waals surface area (Å²) in [6, 6.07) is 2.39. The van der Waals surface area contributed by atoms with Crippen LogP contribution in [-0.2, 0) is 0 Å². The Bertz CT molecular complexity index is 342. The van der Waals surface area contributed by atoms with E-state index >= 15 is 0 Å². The molecule has 0 aromatic carbocycles. The number of pyridine rings is 1. The highest BCUT2D eigenvalue weighted by molar-refractivity contribution is 5.86. The van der Waals surface area contributed by atoms with E-state index < -0.39 is 17.1 Å². The lowest BCUT2D eigenvalue weighted by Crippen LogP contribution is -2.23. The van der Waals surface area contributed by atoms with Gasteiger partial charge in [0.15, 0.2) is 0 Å². The molecule has 1 heterocycles. The van der Waals surface area contributed by atoms with Crippen molar-refractivity contribution in [3.63, 3.8) is 0 Å². The fraction of sp³-hybridized carbons (Fsp3) is 0.250. The fourth-order valence-corrected chi connectivity index (χ4v) is 0.646. The Morgan fingerprint density at radius 2 is 2.00 bits per heavy atom. The van der Waals surface area contributed by atoms with Crippen LogP contribution in [-0.4, -0.2) is 21.0 Å².